The highest BCUT2D eigenvalue weighted by Crippen LogP contribution is 2.04. The standard InChI is InChI=1S/C15H15NO/c1-13(15-10-6-3-7-11-15)16-17-12-14-8-4-2-5-9-14/h2-11H,12H2,1H3/b16-13-. The van der Waals surface area contributed by atoms with Crippen LogP contribution in [0.15, 0.2) is 65.8 Å². The molecule has 0 saturated carbocycles. The van der Waals surface area contributed by atoms with Gasteiger partial charge >= 0.3 is 0 Å². The van der Waals surface area contributed by atoms with Gasteiger partial charge in [-0.25, -0.2) is 0 Å². The minimum absolute atomic E-state index is 0.505. The van der Waals surface area contributed by atoms with Gasteiger partial charge in [0, 0.05) is 0 Å². The lowest BCUT2D eigenvalue weighted by atomic mass is 10.1. The highest BCUT2D eigenvalue weighted by atomic mass is 16.6. The van der Waals surface area contributed by atoms with E-state index >= 15 is 0 Å². The summed E-state index contributed by atoms with van der Waals surface area (Å²) in [4.78, 5) is 5.32. The predicted octanol–water partition coefficient (Wildman–Crippen LogP) is 3.63. The Kier molecular flexibility index (Phi) is 3.92. The first-order valence-corrected chi connectivity index (χ1v) is 5.62. The Balaban J connectivity index is 1.93. The van der Waals surface area contributed by atoms with Crippen LogP contribution in [0.5, 0.6) is 0 Å². The third-order valence-electron chi connectivity index (χ3n) is 2.47. The van der Waals surface area contributed by atoms with Crippen molar-refractivity contribution in [3.63, 3.8) is 0 Å². The highest BCUT2D eigenvalue weighted by Gasteiger charge is 1.96. The van der Waals surface area contributed by atoms with Crippen molar-refractivity contribution in [1.82, 2.24) is 0 Å². The molecule has 2 rings (SSSR count). The molecule has 0 bridgehead atoms. The molecule has 2 nitrogen and oxygen atoms in total. The largest absolute Gasteiger partial charge is 0.391 e. The molecule has 0 saturated heterocycles. The summed E-state index contributed by atoms with van der Waals surface area (Å²) in [6, 6.07) is 20.0. The molecule has 0 aliphatic heterocycles. The Labute approximate surface area is 102 Å². The quantitative estimate of drug-likeness (QED) is 0.575. The summed E-state index contributed by atoms with van der Waals surface area (Å²) in [7, 11) is 0. The number of hydrogen-bond donors (Lipinski definition) is 0. The van der Waals surface area contributed by atoms with Gasteiger partial charge < -0.3 is 4.84 Å². The van der Waals surface area contributed by atoms with Gasteiger partial charge in [0.2, 0.25) is 0 Å². The molecule has 2 heteroatoms. The van der Waals surface area contributed by atoms with Crippen LogP contribution in [-0.4, -0.2) is 5.71 Å². The average molecular weight is 225 g/mol. The van der Waals surface area contributed by atoms with E-state index in [4.69, 9.17) is 4.84 Å². The van der Waals surface area contributed by atoms with Crippen LogP contribution in [0.25, 0.3) is 0 Å². The van der Waals surface area contributed by atoms with E-state index in [1.54, 1.807) is 0 Å². The second kappa shape index (κ2) is 5.85. The Morgan fingerprint density at radius 3 is 2.18 bits per heavy atom. The normalized spacial score (nSPS) is 11.2. The number of rotatable bonds is 4. The van der Waals surface area contributed by atoms with E-state index in [-0.39, 0.29) is 0 Å². The molecule has 0 aliphatic rings. The average Bonchev–Trinajstić information content (AvgIpc) is 2.41. The van der Waals surface area contributed by atoms with Gasteiger partial charge in [-0.15, -0.1) is 0 Å². The van der Waals surface area contributed by atoms with Crippen molar-refractivity contribution in [2.75, 3.05) is 0 Å². The summed E-state index contributed by atoms with van der Waals surface area (Å²) in [6.07, 6.45) is 0. The molecular formula is C15H15NO. The van der Waals surface area contributed by atoms with Crippen molar-refractivity contribution in [3.8, 4) is 0 Å². The zero-order valence-corrected chi connectivity index (χ0v) is 9.84. The molecule has 0 fully saturated rings. The first kappa shape index (κ1) is 11.4. The van der Waals surface area contributed by atoms with E-state index in [2.05, 4.69) is 5.16 Å². The van der Waals surface area contributed by atoms with Gasteiger partial charge in [0.1, 0.15) is 6.61 Å². The van der Waals surface area contributed by atoms with Crippen LogP contribution in [0.3, 0.4) is 0 Å². The van der Waals surface area contributed by atoms with Crippen molar-refractivity contribution in [3.05, 3.63) is 71.8 Å². The van der Waals surface area contributed by atoms with Crippen LogP contribution >= 0.6 is 0 Å². The second-order valence-electron chi connectivity index (χ2n) is 3.80. The van der Waals surface area contributed by atoms with Crippen molar-refractivity contribution in [2.45, 2.75) is 13.5 Å². The zero-order chi connectivity index (χ0) is 11.9. The minimum atomic E-state index is 0.505. The lowest BCUT2D eigenvalue weighted by Crippen LogP contribution is -1.96. The Hall–Kier alpha value is -2.09. The maximum atomic E-state index is 5.32. The van der Waals surface area contributed by atoms with Crippen LogP contribution in [0.1, 0.15) is 18.1 Å². The van der Waals surface area contributed by atoms with E-state index in [1.807, 2.05) is 67.6 Å². The highest BCUT2D eigenvalue weighted by molar-refractivity contribution is 5.98. The van der Waals surface area contributed by atoms with Gasteiger partial charge in [-0.1, -0.05) is 65.8 Å². The van der Waals surface area contributed by atoms with Crippen molar-refractivity contribution in [1.29, 1.82) is 0 Å². The fourth-order valence-electron chi connectivity index (χ4n) is 1.51. The van der Waals surface area contributed by atoms with Crippen molar-refractivity contribution in [2.24, 2.45) is 5.16 Å². The van der Waals surface area contributed by atoms with Crippen LogP contribution in [0.2, 0.25) is 0 Å². The Morgan fingerprint density at radius 2 is 1.53 bits per heavy atom. The maximum Gasteiger partial charge on any atom is 0.142 e. The first-order valence-electron chi connectivity index (χ1n) is 5.62. The summed E-state index contributed by atoms with van der Waals surface area (Å²) in [5.74, 6) is 0. The summed E-state index contributed by atoms with van der Waals surface area (Å²) in [5, 5.41) is 4.11. The van der Waals surface area contributed by atoms with Gasteiger partial charge in [0.25, 0.3) is 0 Å². The number of nitrogens with zero attached hydrogens (tertiary/aromatic N) is 1. The van der Waals surface area contributed by atoms with E-state index in [1.165, 1.54) is 0 Å². The summed E-state index contributed by atoms with van der Waals surface area (Å²) in [5.41, 5.74) is 3.10. The molecule has 0 amide bonds. The first-order chi connectivity index (χ1) is 8.36. The molecule has 86 valence electrons. The minimum Gasteiger partial charge on any atom is -0.391 e. The van der Waals surface area contributed by atoms with E-state index < -0.39 is 0 Å². The molecule has 0 aliphatic carbocycles. The maximum absolute atomic E-state index is 5.32. The van der Waals surface area contributed by atoms with Crippen molar-refractivity contribution < 1.29 is 4.84 Å². The predicted molar refractivity (Wildman–Crippen MR) is 69.9 cm³/mol. The monoisotopic (exact) mass is 225 g/mol. The fourth-order valence-corrected chi connectivity index (χ4v) is 1.51. The van der Waals surface area contributed by atoms with Crippen LogP contribution in [0.4, 0.5) is 0 Å². The molecule has 0 radical (unpaired) electrons. The molecule has 0 unspecified atom stereocenters. The molecule has 0 N–H and O–H groups in total. The summed E-state index contributed by atoms with van der Waals surface area (Å²) >= 11 is 0. The number of hydrogen-bond acceptors (Lipinski definition) is 2. The van der Waals surface area contributed by atoms with Gasteiger partial charge in [-0.3, -0.25) is 0 Å². The molecule has 17 heavy (non-hydrogen) atoms. The van der Waals surface area contributed by atoms with E-state index in [9.17, 15) is 0 Å². The molecular weight excluding hydrogens is 210 g/mol. The Morgan fingerprint density at radius 1 is 0.941 bits per heavy atom. The van der Waals surface area contributed by atoms with Gasteiger partial charge in [-0.2, -0.15) is 0 Å². The molecule has 0 aromatic heterocycles. The molecule has 0 atom stereocenters. The summed E-state index contributed by atoms with van der Waals surface area (Å²) in [6.45, 7) is 2.45. The SMILES string of the molecule is C/C(=N/OCc1ccccc1)c1ccccc1. The van der Waals surface area contributed by atoms with Crippen LogP contribution in [-0.2, 0) is 11.4 Å². The number of oxime groups is 1. The fraction of sp³-hybridized carbons (Fsp3) is 0.133. The van der Waals surface area contributed by atoms with Gasteiger partial charge in [0.15, 0.2) is 0 Å². The molecule has 2 aromatic carbocycles. The smallest absolute Gasteiger partial charge is 0.142 e. The van der Waals surface area contributed by atoms with E-state index in [0.29, 0.717) is 6.61 Å². The molecule has 2 aromatic rings. The van der Waals surface area contributed by atoms with Crippen LogP contribution < -0.4 is 0 Å². The molecule has 0 heterocycles. The third kappa shape index (κ3) is 3.45. The Bertz CT molecular complexity index is 477. The number of benzene rings is 2. The lowest BCUT2D eigenvalue weighted by Gasteiger charge is -2.02. The van der Waals surface area contributed by atoms with Crippen LogP contribution in [0, 0.1) is 0 Å². The third-order valence-corrected chi connectivity index (χ3v) is 2.47. The van der Waals surface area contributed by atoms with Crippen molar-refractivity contribution >= 4 is 5.71 Å². The second-order valence-corrected chi connectivity index (χ2v) is 3.80. The van der Waals surface area contributed by atoms with Gasteiger partial charge in [-0.05, 0) is 18.1 Å². The summed E-state index contributed by atoms with van der Waals surface area (Å²) < 4.78 is 0. The lowest BCUT2D eigenvalue weighted by molar-refractivity contribution is 0.130. The van der Waals surface area contributed by atoms with E-state index in [0.717, 1.165) is 16.8 Å². The molecule has 0 spiro atoms. The topological polar surface area (TPSA) is 21.6 Å². The zero-order valence-electron chi connectivity index (χ0n) is 9.84. The van der Waals surface area contributed by atoms with Gasteiger partial charge in [0.05, 0.1) is 5.71 Å².